The summed E-state index contributed by atoms with van der Waals surface area (Å²) in [6.45, 7) is 2.90. The molecule has 0 radical (unpaired) electrons. The molecule has 3 rings (SSSR count). The fraction of sp³-hybridized carbons (Fsp3) is 0.562. The maximum atomic E-state index is 12.0. The van der Waals surface area contributed by atoms with E-state index in [4.69, 9.17) is 0 Å². The minimum Gasteiger partial charge on any atom is -0.379 e. The van der Waals surface area contributed by atoms with E-state index in [1.54, 1.807) is 12.1 Å². The number of nitrogens with one attached hydrogen (secondary N) is 2. The van der Waals surface area contributed by atoms with Crippen molar-refractivity contribution in [3.05, 3.63) is 33.9 Å². The summed E-state index contributed by atoms with van der Waals surface area (Å²) < 4.78 is 0. The largest absolute Gasteiger partial charge is 0.379 e. The lowest BCUT2D eigenvalue weighted by Gasteiger charge is -2.15. The summed E-state index contributed by atoms with van der Waals surface area (Å²) in [4.78, 5) is 22.8. The molecule has 1 aromatic carbocycles. The van der Waals surface area contributed by atoms with E-state index >= 15 is 0 Å². The number of carbonyl (C=O) groups excluding carboxylic acids is 1. The van der Waals surface area contributed by atoms with Crippen LogP contribution in [-0.4, -0.2) is 23.4 Å². The predicted octanol–water partition coefficient (Wildman–Crippen LogP) is 3.09. The summed E-state index contributed by atoms with van der Waals surface area (Å²) >= 11 is 0. The third-order valence-corrected chi connectivity index (χ3v) is 4.73. The molecule has 0 saturated heterocycles. The van der Waals surface area contributed by atoms with Gasteiger partial charge in [-0.25, -0.2) is 0 Å². The Morgan fingerprint density at radius 1 is 1.41 bits per heavy atom. The van der Waals surface area contributed by atoms with Crippen LogP contribution >= 0.6 is 0 Å². The predicted molar refractivity (Wildman–Crippen MR) is 84.0 cm³/mol. The molecule has 0 spiro atoms. The first kappa shape index (κ1) is 14.8. The number of hydrogen-bond acceptors (Lipinski definition) is 4. The molecule has 2 fully saturated rings. The standard InChI is InChI=1S/C16H21N3O3/c1-2-16(7-8-16)10-17-13-6-3-11(9-14(13)19(21)22)15(20)18-12-4-5-12/h3,6,9,12,17H,2,4-5,7-8,10H2,1H3,(H,18,20). The molecular weight excluding hydrogens is 282 g/mol. The molecule has 2 aliphatic rings. The summed E-state index contributed by atoms with van der Waals surface area (Å²) in [5, 5.41) is 17.3. The zero-order chi connectivity index (χ0) is 15.7. The Balaban J connectivity index is 1.74. The van der Waals surface area contributed by atoms with E-state index in [0.717, 1.165) is 25.8 Å². The summed E-state index contributed by atoms with van der Waals surface area (Å²) in [5.74, 6) is -0.232. The molecule has 118 valence electrons. The average molecular weight is 303 g/mol. The number of rotatable bonds is 7. The van der Waals surface area contributed by atoms with E-state index < -0.39 is 4.92 Å². The first-order chi connectivity index (χ1) is 10.5. The lowest BCUT2D eigenvalue weighted by Crippen LogP contribution is -2.25. The molecule has 0 aliphatic heterocycles. The van der Waals surface area contributed by atoms with Crippen molar-refractivity contribution >= 4 is 17.3 Å². The molecule has 0 heterocycles. The van der Waals surface area contributed by atoms with E-state index in [-0.39, 0.29) is 17.6 Å². The van der Waals surface area contributed by atoms with Gasteiger partial charge in [-0.2, -0.15) is 0 Å². The minimum absolute atomic E-state index is 0.0321. The molecule has 0 unspecified atom stereocenters. The van der Waals surface area contributed by atoms with Gasteiger partial charge in [0.25, 0.3) is 11.6 Å². The molecule has 6 nitrogen and oxygen atoms in total. The van der Waals surface area contributed by atoms with Crippen molar-refractivity contribution in [3.63, 3.8) is 0 Å². The maximum absolute atomic E-state index is 12.0. The Bertz CT molecular complexity index is 607. The first-order valence-corrected chi connectivity index (χ1v) is 7.86. The molecule has 2 saturated carbocycles. The van der Waals surface area contributed by atoms with Gasteiger partial charge in [0.1, 0.15) is 5.69 Å². The van der Waals surface area contributed by atoms with E-state index in [9.17, 15) is 14.9 Å². The van der Waals surface area contributed by atoms with Gasteiger partial charge < -0.3 is 10.6 Å². The van der Waals surface area contributed by atoms with E-state index in [1.165, 1.54) is 18.9 Å². The zero-order valence-electron chi connectivity index (χ0n) is 12.7. The number of hydrogen-bond donors (Lipinski definition) is 2. The molecule has 1 amide bonds. The number of benzene rings is 1. The van der Waals surface area contributed by atoms with Crippen LogP contribution in [-0.2, 0) is 0 Å². The van der Waals surface area contributed by atoms with Crippen LogP contribution in [0.1, 0.15) is 49.4 Å². The first-order valence-electron chi connectivity index (χ1n) is 7.86. The smallest absolute Gasteiger partial charge is 0.293 e. The SMILES string of the molecule is CCC1(CNc2ccc(C(=O)NC3CC3)cc2[N+](=O)[O-])CC1. The van der Waals surface area contributed by atoms with Gasteiger partial charge in [0.2, 0.25) is 0 Å². The topological polar surface area (TPSA) is 84.3 Å². The summed E-state index contributed by atoms with van der Waals surface area (Å²) in [7, 11) is 0. The molecule has 0 aromatic heterocycles. The van der Waals surface area contributed by atoms with Gasteiger partial charge in [0.15, 0.2) is 0 Å². The Hall–Kier alpha value is -2.11. The maximum Gasteiger partial charge on any atom is 0.293 e. The van der Waals surface area contributed by atoms with Gasteiger partial charge in [-0.15, -0.1) is 0 Å². The van der Waals surface area contributed by atoms with Gasteiger partial charge in [-0.3, -0.25) is 14.9 Å². The monoisotopic (exact) mass is 303 g/mol. The van der Waals surface area contributed by atoms with Crippen LogP contribution in [0.3, 0.4) is 0 Å². The second kappa shape index (κ2) is 5.59. The van der Waals surface area contributed by atoms with Crippen molar-refractivity contribution in [2.24, 2.45) is 5.41 Å². The zero-order valence-corrected chi connectivity index (χ0v) is 12.7. The van der Waals surface area contributed by atoms with E-state index in [2.05, 4.69) is 17.6 Å². The number of nitro groups is 1. The van der Waals surface area contributed by atoms with Crippen LogP contribution in [0.25, 0.3) is 0 Å². The van der Waals surface area contributed by atoms with Gasteiger partial charge in [-0.05, 0) is 49.7 Å². The van der Waals surface area contributed by atoms with Gasteiger partial charge in [-0.1, -0.05) is 6.92 Å². The minimum atomic E-state index is -0.429. The Labute approximate surface area is 129 Å². The Morgan fingerprint density at radius 2 is 2.14 bits per heavy atom. The lowest BCUT2D eigenvalue weighted by molar-refractivity contribution is -0.384. The van der Waals surface area contributed by atoms with Crippen LogP contribution in [0.2, 0.25) is 0 Å². The highest BCUT2D eigenvalue weighted by Crippen LogP contribution is 2.48. The number of amides is 1. The summed E-state index contributed by atoms with van der Waals surface area (Å²) in [6, 6.07) is 4.90. The third-order valence-electron chi connectivity index (χ3n) is 4.73. The second-order valence-electron chi connectivity index (χ2n) is 6.44. The Kier molecular flexibility index (Phi) is 3.76. The highest BCUT2D eigenvalue weighted by molar-refractivity contribution is 5.96. The van der Waals surface area contributed by atoms with Crippen molar-refractivity contribution in [2.75, 3.05) is 11.9 Å². The number of anilines is 1. The van der Waals surface area contributed by atoms with Crippen molar-refractivity contribution < 1.29 is 9.72 Å². The molecule has 1 aromatic rings. The normalized spacial score (nSPS) is 18.6. The molecule has 0 bridgehead atoms. The average Bonchev–Trinajstić information content (AvgIpc) is 3.41. The summed E-state index contributed by atoms with van der Waals surface area (Å²) in [6.07, 6.45) is 5.41. The van der Waals surface area contributed by atoms with Crippen LogP contribution in [0, 0.1) is 15.5 Å². The summed E-state index contributed by atoms with van der Waals surface area (Å²) in [5.41, 5.74) is 1.11. The number of nitrogens with zero attached hydrogens (tertiary/aromatic N) is 1. The fourth-order valence-electron chi connectivity index (χ4n) is 2.58. The van der Waals surface area contributed by atoms with E-state index in [1.807, 2.05) is 0 Å². The molecule has 6 heteroatoms. The highest BCUT2D eigenvalue weighted by Gasteiger charge is 2.40. The number of carbonyl (C=O) groups is 1. The van der Waals surface area contributed by atoms with Crippen LogP contribution in [0.5, 0.6) is 0 Å². The van der Waals surface area contributed by atoms with Crippen LogP contribution in [0.15, 0.2) is 18.2 Å². The quantitative estimate of drug-likeness (QED) is 0.599. The van der Waals surface area contributed by atoms with Gasteiger partial charge >= 0.3 is 0 Å². The third kappa shape index (κ3) is 3.21. The molecule has 22 heavy (non-hydrogen) atoms. The number of nitro benzene ring substituents is 1. The van der Waals surface area contributed by atoms with Crippen molar-refractivity contribution in [1.82, 2.24) is 5.32 Å². The molecule has 2 N–H and O–H groups in total. The van der Waals surface area contributed by atoms with Gasteiger partial charge in [0.05, 0.1) is 4.92 Å². The van der Waals surface area contributed by atoms with Crippen LogP contribution < -0.4 is 10.6 Å². The molecule has 2 aliphatic carbocycles. The lowest BCUT2D eigenvalue weighted by atomic mass is 10.0. The molecule has 0 atom stereocenters. The van der Waals surface area contributed by atoms with Gasteiger partial charge in [0, 0.05) is 24.2 Å². The highest BCUT2D eigenvalue weighted by atomic mass is 16.6. The van der Waals surface area contributed by atoms with E-state index in [0.29, 0.717) is 16.7 Å². The Morgan fingerprint density at radius 3 is 2.68 bits per heavy atom. The van der Waals surface area contributed by atoms with Crippen LogP contribution in [0.4, 0.5) is 11.4 Å². The van der Waals surface area contributed by atoms with Crippen molar-refractivity contribution in [1.29, 1.82) is 0 Å². The van der Waals surface area contributed by atoms with Crippen molar-refractivity contribution in [3.8, 4) is 0 Å². The molecular formula is C16H21N3O3. The van der Waals surface area contributed by atoms with Crippen molar-refractivity contribution in [2.45, 2.75) is 45.1 Å². The fourth-order valence-corrected chi connectivity index (χ4v) is 2.58. The second-order valence-corrected chi connectivity index (χ2v) is 6.44.